The van der Waals surface area contributed by atoms with E-state index in [4.69, 9.17) is 10.8 Å². The molecule has 1 aliphatic rings. The van der Waals surface area contributed by atoms with Crippen molar-refractivity contribution >= 4 is 17.9 Å². The van der Waals surface area contributed by atoms with E-state index in [2.05, 4.69) is 40.2 Å². The van der Waals surface area contributed by atoms with Crippen LogP contribution in [0, 0.1) is 5.92 Å². The molecule has 3 rings (SSSR count). The van der Waals surface area contributed by atoms with Crippen molar-refractivity contribution in [1.82, 2.24) is 9.88 Å². The van der Waals surface area contributed by atoms with E-state index in [1.54, 1.807) is 12.3 Å². The van der Waals surface area contributed by atoms with Gasteiger partial charge in [-0.2, -0.15) is 0 Å². The van der Waals surface area contributed by atoms with Crippen molar-refractivity contribution in [2.75, 3.05) is 18.8 Å². The lowest BCUT2D eigenvalue weighted by Gasteiger charge is -2.32. The molecule has 0 bridgehead atoms. The Hall–Kier alpha value is -2.66. The number of nitrogens with zero attached hydrogens (tertiary/aromatic N) is 2. The summed E-state index contributed by atoms with van der Waals surface area (Å²) in [6.45, 7) is 2.85. The lowest BCUT2D eigenvalue weighted by Crippen LogP contribution is -2.34. The largest absolute Gasteiger partial charge is 0.478 e. The first kappa shape index (κ1) is 18.1. The molecule has 2 aromatic rings. The van der Waals surface area contributed by atoms with Gasteiger partial charge in [0.2, 0.25) is 0 Å². The zero-order chi connectivity index (χ0) is 18.4. The zero-order valence-corrected chi connectivity index (χ0v) is 14.8. The van der Waals surface area contributed by atoms with Crippen LogP contribution in [0.3, 0.4) is 0 Å². The van der Waals surface area contributed by atoms with E-state index in [0.717, 1.165) is 49.2 Å². The summed E-state index contributed by atoms with van der Waals surface area (Å²) in [6, 6.07) is 12.6. The Balaban J connectivity index is 1.55. The second-order valence-corrected chi connectivity index (χ2v) is 6.89. The molecule has 5 heteroatoms. The van der Waals surface area contributed by atoms with E-state index in [9.17, 15) is 4.79 Å². The van der Waals surface area contributed by atoms with Gasteiger partial charge in [-0.3, -0.25) is 4.90 Å². The van der Waals surface area contributed by atoms with Crippen LogP contribution in [-0.4, -0.2) is 34.0 Å². The number of aromatic nitrogens is 1. The summed E-state index contributed by atoms with van der Waals surface area (Å²) in [5.74, 6) is 0.279. The number of nitrogen functional groups attached to an aromatic ring is 1. The Morgan fingerprint density at radius 3 is 2.69 bits per heavy atom. The van der Waals surface area contributed by atoms with Gasteiger partial charge < -0.3 is 10.8 Å². The number of anilines is 1. The van der Waals surface area contributed by atoms with E-state index in [1.807, 2.05) is 6.07 Å². The van der Waals surface area contributed by atoms with E-state index >= 15 is 0 Å². The number of carboxylic acid groups (broad SMARTS) is 1. The van der Waals surface area contributed by atoms with Gasteiger partial charge in [0.25, 0.3) is 0 Å². The minimum absolute atomic E-state index is 0.517. The highest BCUT2D eigenvalue weighted by Gasteiger charge is 2.20. The first-order valence-electron chi connectivity index (χ1n) is 9.02. The van der Waals surface area contributed by atoms with E-state index in [1.165, 1.54) is 18.4 Å². The molecule has 2 heterocycles. The van der Waals surface area contributed by atoms with Crippen LogP contribution in [0.15, 0.2) is 48.7 Å². The zero-order valence-electron chi connectivity index (χ0n) is 14.8. The number of aliphatic carboxylic acids is 1. The highest BCUT2D eigenvalue weighted by Crippen LogP contribution is 2.24. The van der Waals surface area contributed by atoms with Crippen LogP contribution in [0.25, 0.3) is 6.08 Å². The maximum absolute atomic E-state index is 10.7. The number of hydrogen-bond acceptors (Lipinski definition) is 4. The van der Waals surface area contributed by atoms with Crippen molar-refractivity contribution in [2.24, 2.45) is 5.92 Å². The van der Waals surface area contributed by atoms with Crippen molar-refractivity contribution in [2.45, 2.75) is 25.8 Å². The fourth-order valence-electron chi connectivity index (χ4n) is 3.46. The molecule has 0 radical (unpaired) electrons. The second kappa shape index (κ2) is 8.63. The number of benzene rings is 1. The lowest BCUT2D eigenvalue weighted by molar-refractivity contribution is -0.131. The molecule has 0 atom stereocenters. The monoisotopic (exact) mass is 351 g/mol. The van der Waals surface area contributed by atoms with Crippen LogP contribution < -0.4 is 5.73 Å². The Morgan fingerprint density at radius 1 is 1.27 bits per heavy atom. The Kier molecular flexibility index (Phi) is 6.02. The SMILES string of the molecule is Nc1ncc(/C=C/C(=O)O)cc1CN1CCC(Cc2ccccc2)CC1. The Labute approximate surface area is 154 Å². The number of nitrogens with two attached hydrogens (primary N) is 1. The van der Waals surface area contributed by atoms with Gasteiger partial charge in [0, 0.05) is 24.4 Å². The summed E-state index contributed by atoms with van der Waals surface area (Å²) in [6.07, 6.45) is 7.77. The molecule has 0 unspecified atom stereocenters. The molecule has 1 saturated heterocycles. The fraction of sp³-hybridized carbons (Fsp3) is 0.333. The molecular formula is C21H25N3O2. The van der Waals surface area contributed by atoms with Crippen LogP contribution in [0.2, 0.25) is 0 Å². The van der Waals surface area contributed by atoms with Crippen molar-refractivity contribution < 1.29 is 9.90 Å². The quantitative estimate of drug-likeness (QED) is 0.781. The summed E-state index contributed by atoms with van der Waals surface area (Å²) in [4.78, 5) is 17.3. The number of rotatable bonds is 6. The number of carbonyl (C=O) groups is 1. The summed E-state index contributed by atoms with van der Waals surface area (Å²) >= 11 is 0. The van der Waals surface area contributed by atoms with Crippen molar-refractivity contribution in [3.8, 4) is 0 Å². The van der Waals surface area contributed by atoms with Gasteiger partial charge >= 0.3 is 5.97 Å². The van der Waals surface area contributed by atoms with Crippen molar-refractivity contribution in [3.63, 3.8) is 0 Å². The van der Waals surface area contributed by atoms with E-state index < -0.39 is 5.97 Å². The maximum Gasteiger partial charge on any atom is 0.328 e. The third kappa shape index (κ3) is 5.17. The van der Waals surface area contributed by atoms with Crippen molar-refractivity contribution in [1.29, 1.82) is 0 Å². The molecule has 1 aliphatic heterocycles. The molecule has 1 aromatic carbocycles. The molecule has 1 fully saturated rings. The Bertz CT molecular complexity index is 766. The van der Waals surface area contributed by atoms with Crippen LogP contribution >= 0.6 is 0 Å². The van der Waals surface area contributed by atoms with Gasteiger partial charge in [-0.15, -0.1) is 0 Å². The highest BCUT2D eigenvalue weighted by atomic mass is 16.4. The summed E-state index contributed by atoms with van der Waals surface area (Å²) in [5.41, 5.74) is 9.15. The molecule has 0 aliphatic carbocycles. The van der Waals surface area contributed by atoms with Gasteiger partial charge in [-0.1, -0.05) is 30.3 Å². The predicted octanol–water partition coefficient (Wildman–Crippen LogP) is 3.22. The van der Waals surface area contributed by atoms with E-state index in [-0.39, 0.29) is 0 Å². The molecule has 26 heavy (non-hydrogen) atoms. The first-order valence-corrected chi connectivity index (χ1v) is 9.02. The summed E-state index contributed by atoms with van der Waals surface area (Å²) in [7, 11) is 0. The first-order chi connectivity index (χ1) is 12.6. The minimum atomic E-state index is -0.969. The molecule has 136 valence electrons. The van der Waals surface area contributed by atoms with Crippen molar-refractivity contribution in [3.05, 3.63) is 65.4 Å². The topological polar surface area (TPSA) is 79.4 Å². The molecule has 1 aromatic heterocycles. The van der Waals surface area contributed by atoms with Gasteiger partial charge in [-0.05, 0) is 61.5 Å². The Morgan fingerprint density at radius 2 is 2.00 bits per heavy atom. The standard InChI is InChI=1S/C21H25N3O2/c22-21-19(13-18(14-23-21)6-7-20(25)26)15-24-10-8-17(9-11-24)12-16-4-2-1-3-5-16/h1-7,13-14,17H,8-12,15H2,(H2,22,23)(H,25,26)/b7-6+. The van der Waals surface area contributed by atoms with Crippen LogP contribution in [0.5, 0.6) is 0 Å². The third-order valence-corrected chi connectivity index (χ3v) is 4.91. The normalized spacial score (nSPS) is 16.2. The van der Waals surface area contributed by atoms with Crippen LogP contribution in [0.4, 0.5) is 5.82 Å². The van der Waals surface area contributed by atoms with Crippen LogP contribution in [-0.2, 0) is 17.8 Å². The molecule has 0 spiro atoms. The number of carboxylic acids is 1. The second-order valence-electron chi connectivity index (χ2n) is 6.89. The average molecular weight is 351 g/mol. The summed E-state index contributed by atoms with van der Waals surface area (Å²) < 4.78 is 0. The summed E-state index contributed by atoms with van der Waals surface area (Å²) in [5, 5.41) is 8.75. The molecule has 0 saturated carbocycles. The molecule has 5 nitrogen and oxygen atoms in total. The smallest absolute Gasteiger partial charge is 0.328 e. The third-order valence-electron chi connectivity index (χ3n) is 4.91. The number of pyridine rings is 1. The molecular weight excluding hydrogens is 326 g/mol. The van der Waals surface area contributed by atoms with Crippen LogP contribution in [0.1, 0.15) is 29.5 Å². The van der Waals surface area contributed by atoms with Gasteiger partial charge in [0.05, 0.1) is 0 Å². The minimum Gasteiger partial charge on any atom is -0.478 e. The number of likely N-dealkylation sites (tertiary alicyclic amines) is 1. The van der Waals surface area contributed by atoms with E-state index in [0.29, 0.717) is 5.82 Å². The fourth-order valence-corrected chi connectivity index (χ4v) is 3.46. The molecule has 0 amide bonds. The lowest BCUT2D eigenvalue weighted by atomic mass is 9.90. The van der Waals surface area contributed by atoms with Gasteiger partial charge in [0.15, 0.2) is 0 Å². The average Bonchev–Trinajstić information content (AvgIpc) is 2.65. The maximum atomic E-state index is 10.7. The number of piperidine rings is 1. The highest BCUT2D eigenvalue weighted by molar-refractivity contribution is 5.85. The van der Waals surface area contributed by atoms with Gasteiger partial charge in [-0.25, -0.2) is 9.78 Å². The van der Waals surface area contributed by atoms with Gasteiger partial charge in [0.1, 0.15) is 5.82 Å². The number of hydrogen-bond donors (Lipinski definition) is 2. The molecule has 3 N–H and O–H groups in total. The predicted molar refractivity (Wildman–Crippen MR) is 103 cm³/mol.